The predicted molar refractivity (Wildman–Crippen MR) is 370 cm³/mol. The number of piperidine rings is 1. The summed E-state index contributed by atoms with van der Waals surface area (Å²) in [7, 11) is 12.2. The average molecular weight is 1350 g/mol. The summed E-state index contributed by atoms with van der Waals surface area (Å²) >= 11 is 1.55. The van der Waals surface area contributed by atoms with Crippen molar-refractivity contribution < 1.29 is 57.8 Å². The van der Waals surface area contributed by atoms with Crippen LogP contribution in [-0.2, 0) is 52.7 Å². The number of hydrogen-bond acceptors (Lipinski definition) is 14. The third-order valence-electron chi connectivity index (χ3n) is 18.5. The van der Waals surface area contributed by atoms with Crippen molar-refractivity contribution in [1.29, 1.82) is 0 Å². The number of aliphatic hydroxyl groups excluding tert-OH is 1. The van der Waals surface area contributed by atoms with Gasteiger partial charge >= 0.3 is 0 Å². The zero-order valence-corrected chi connectivity index (χ0v) is 62.7. The molecule has 5 N–H and O–H groups in total. The number of nitrogens with one attached hydrogen (secondary N) is 4. The van der Waals surface area contributed by atoms with Crippen LogP contribution in [0.4, 0.5) is 0 Å². The molecule has 0 aliphatic carbocycles. The van der Waals surface area contributed by atoms with Crippen molar-refractivity contribution in [3.63, 3.8) is 0 Å². The summed E-state index contributed by atoms with van der Waals surface area (Å²) in [6.07, 6.45) is 4.69. The molecular weight excluding hydrogens is 1220 g/mol. The molecule has 2 aliphatic rings. The van der Waals surface area contributed by atoms with Gasteiger partial charge in [-0.25, -0.2) is 0 Å². The summed E-state index contributed by atoms with van der Waals surface area (Å²) in [6.45, 7) is 31.8. The molecule has 0 aromatic rings. The van der Waals surface area contributed by atoms with Crippen molar-refractivity contribution >= 4 is 76.7 Å². The Morgan fingerprint density at radius 3 is 1.32 bits per heavy atom. The highest BCUT2D eigenvalue weighted by Crippen LogP contribution is 2.29. The smallest absolute Gasteiger partial charge is 0.246 e. The van der Waals surface area contributed by atoms with E-state index in [9.17, 15) is 29.1 Å². The fourth-order valence-corrected chi connectivity index (χ4v) is 13.7. The minimum atomic E-state index is -1.63. The molecule has 0 unspecified atom stereocenters. The number of thioether (sulfide) groups is 1. The van der Waals surface area contributed by atoms with E-state index in [1.54, 1.807) is 59.4 Å². The largest absolute Gasteiger partial charge is 0.390 e. The van der Waals surface area contributed by atoms with E-state index in [0.29, 0.717) is 6.42 Å². The van der Waals surface area contributed by atoms with E-state index in [1.807, 2.05) is 75.4 Å². The van der Waals surface area contributed by atoms with Gasteiger partial charge in [0, 0.05) is 60.3 Å². The molecule has 0 aromatic carbocycles. The number of carbonyl (C=O) groups excluding carboxylic acids is 11. The van der Waals surface area contributed by atoms with Gasteiger partial charge in [-0.3, -0.25) is 52.7 Å². The van der Waals surface area contributed by atoms with Gasteiger partial charge in [-0.05, 0) is 134 Å². The molecule has 13 atom stereocenters. The third kappa shape index (κ3) is 23.5. The Bertz CT molecular complexity index is 2580. The van der Waals surface area contributed by atoms with Gasteiger partial charge < -0.3 is 65.6 Å². The second-order valence-corrected chi connectivity index (χ2v) is 30.5. The molecule has 0 saturated carbocycles. The second-order valence-electron chi connectivity index (χ2n) is 29.1. The van der Waals surface area contributed by atoms with Gasteiger partial charge in [0.1, 0.15) is 66.5 Å². The lowest BCUT2D eigenvalue weighted by molar-refractivity contribution is -0.157. The maximum Gasteiger partial charge on any atom is 0.246 e. The van der Waals surface area contributed by atoms with E-state index < -0.39 is 155 Å². The third-order valence-corrected chi connectivity index (χ3v) is 20.0. The van der Waals surface area contributed by atoms with Crippen LogP contribution in [0.3, 0.4) is 0 Å². The van der Waals surface area contributed by atoms with Crippen LogP contribution in [0, 0.1) is 41.4 Å². The van der Waals surface area contributed by atoms with E-state index in [0.717, 1.165) is 30.8 Å². The number of allylic oxidation sites excluding steroid dienone is 2. The minimum absolute atomic E-state index is 0.0177. The van der Waals surface area contributed by atoms with Crippen LogP contribution < -0.4 is 21.3 Å². The van der Waals surface area contributed by atoms with Crippen molar-refractivity contribution in [2.75, 3.05) is 75.2 Å². The van der Waals surface area contributed by atoms with Crippen LogP contribution >= 0.6 is 11.8 Å². The summed E-state index contributed by atoms with van der Waals surface area (Å²) in [6, 6.07) is -13.7. The fraction of sp³-hybridized carbons (Fsp3) is 0.812. The van der Waals surface area contributed by atoms with Crippen LogP contribution in [0.1, 0.15) is 169 Å². The molecule has 538 valence electrons. The fourth-order valence-electron chi connectivity index (χ4n) is 12.4. The van der Waals surface area contributed by atoms with Crippen molar-refractivity contribution in [2.24, 2.45) is 41.4 Å². The quantitative estimate of drug-likeness (QED) is 0.119. The first-order valence-corrected chi connectivity index (χ1v) is 35.3. The molecule has 0 bridgehead atoms. The van der Waals surface area contributed by atoms with Crippen molar-refractivity contribution in [3.8, 4) is 0 Å². The molecule has 2 aliphatic heterocycles. The average Bonchev–Trinajstić information content (AvgIpc) is 0.810. The molecule has 2 heterocycles. The number of aliphatic hydroxyl groups is 1. The van der Waals surface area contributed by atoms with E-state index >= 15 is 28.8 Å². The van der Waals surface area contributed by atoms with Gasteiger partial charge in [-0.2, -0.15) is 11.8 Å². The number of likely N-dealkylation sites (N-methyl/N-ethyl adjacent to an activating group) is 7. The molecule has 25 heteroatoms. The van der Waals surface area contributed by atoms with E-state index in [2.05, 4.69) is 26.2 Å². The second kappa shape index (κ2) is 38.8. The molecule has 11 amide bonds. The lowest BCUT2D eigenvalue weighted by Gasteiger charge is -2.41. The molecule has 24 nitrogen and oxygen atoms in total. The Kier molecular flexibility index (Phi) is 34.8. The Morgan fingerprint density at radius 1 is 0.457 bits per heavy atom. The summed E-state index contributed by atoms with van der Waals surface area (Å²) in [5.41, 5.74) is 0. The summed E-state index contributed by atoms with van der Waals surface area (Å²) < 4.78 is 0. The summed E-state index contributed by atoms with van der Waals surface area (Å²) in [5.74, 6) is -9.51. The standard InChI is InChI=1S/C69H124N12O12S/c1-26-28-29-45(15)58(82)57-62(86)72-49(27-2)64(88)79(23)54(38-94-48-30-32-74(18)33-31-48)67(91)75(19)51(35-40(5)6)61(85)73-55(43(11)12)68(92)76(20)50(34-39(3)4)60(84)70-46(16)59(83)71-47(17)63(87)77(21)52(36-41(7)8)65(89)78(22)53(37-42(9)10)66(90)80(24)56(44(13)14)69(93)81(57)25/h26,28,39-58,82H,27,29-38H2,1-25H3,(H,70,84)(H,71,83)(H,72,86)(H,73,85)/b28-26+/t45-,46+,47-,49+,50+,51+,52+,53+,54-,55+,56+,57+,58-/m1/s1. The van der Waals surface area contributed by atoms with Crippen LogP contribution in [0.5, 0.6) is 0 Å². The molecular formula is C69H124N12O12S. The van der Waals surface area contributed by atoms with Crippen LogP contribution in [0.25, 0.3) is 0 Å². The number of amides is 11. The van der Waals surface area contributed by atoms with Crippen LogP contribution in [-0.4, -0.2) is 262 Å². The first-order valence-electron chi connectivity index (χ1n) is 34.3. The molecule has 94 heavy (non-hydrogen) atoms. The molecule has 2 rings (SSSR count). The highest BCUT2D eigenvalue weighted by Gasteiger charge is 2.47. The number of hydrogen-bond donors (Lipinski definition) is 5. The van der Waals surface area contributed by atoms with E-state index in [1.165, 1.54) is 92.6 Å². The summed E-state index contributed by atoms with van der Waals surface area (Å²) in [5, 5.41) is 23.7. The number of likely N-dealkylation sites (tertiary alicyclic amines) is 1. The maximum atomic E-state index is 15.5. The summed E-state index contributed by atoms with van der Waals surface area (Å²) in [4.78, 5) is 176. The Balaban J connectivity index is 3.11. The lowest BCUT2D eigenvalue weighted by atomic mass is 9.91. The zero-order chi connectivity index (χ0) is 72.2. The van der Waals surface area contributed by atoms with Crippen molar-refractivity contribution in [1.82, 2.24) is 60.5 Å². The van der Waals surface area contributed by atoms with Gasteiger partial charge in [0.05, 0.1) is 6.10 Å². The van der Waals surface area contributed by atoms with Crippen LogP contribution in [0.15, 0.2) is 12.2 Å². The van der Waals surface area contributed by atoms with Gasteiger partial charge in [-0.15, -0.1) is 0 Å². The Morgan fingerprint density at radius 2 is 0.862 bits per heavy atom. The van der Waals surface area contributed by atoms with E-state index in [4.69, 9.17) is 0 Å². The Hall–Kier alpha value is -5.82. The van der Waals surface area contributed by atoms with Crippen molar-refractivity contribution in [3.05, 3.63) is 12.2 Å². The number of nitrogens with zero attached hydrogens (tertiary/aromatic N) is 8. The van der Waals surface area contributed by atoms with Gasteiger partial charge in [0.2, 0.25) is 65.0 Å². The normalized spacial score (nSPS) is 27.7. The molecule has 0 aromatic heterocycles. The SMILES string of the molecule is C/C=C/C[C@@H](C)[C@@H](O)[C@H]1C(=O)N[C@@H](CC)C(=O)N(C)[C@H](CSC2CCN(C)CC2)C(=O)N(C)[C@@H](CC(C)C)C(=O)N[C@@H](C(C)C)C(=O)N(C)[C@@H](CC(C)C)C(=O)N[C@@H](C)C(=O)N[C@H](C)C(=O)N(C)[C@@H](CC(C)C)C(=O)N(C)[C@@H](CC(C)C)C(=O)N(C)[C@@H](C(C)C)C(=O)N1C. The molecule has 2 saturated heterocycles. The highest BCUT2D eigenvalue weighted by atomic mass is 32.2. The van der Waals surface area contributed by atoms with Gasteiger partial charge in [0.25, 0.3) is 0 Å². The first-order chi connectivity index (χ1) is 43.6. The first kappa shape index (κ1) is 84.3. The Labute approximate surface area is 568 Å². The predicted octanol–water partition coefficient (Wildman–Crippen LogP) is 4.47. The highest BCUT2D eigenvalue weighted by molar-refractivity contribution is 8.00. The lowest BCUT2D eigenvalue weighted by Crippen LogP contribution is -2.64. The maximum absolute atomic E-state index is 15.5. The topological polar surface area (TPSA) is 282 Å². The molecule has 2 fully saturated rings. The monoisotopic (exact) mass is 1340 g/mol. The van der Waals surface area contributed by atoms with E-state index in [-0.39, 0.29) is 66.8 Å². The van der Waals surface area contributed by atoms with Gasteiger partial charge in [-0.1, -0.05) is 109 Å². The van der Waals surface area contributed by atoms with Crippen molar-refractivity contribution in [2.45, 2.75) is 247 Å². The minimum Gasteiger partial charge on any atom is -0.390 e. The zero-order valence-electron chi connectivity index (χ0n) is 61.9. The number of rotatable bonds is 18. The molecule has 0 spiro atoms. The van der Waals surface area contributed by atoms with Crippen LogP contribution in [0.2, 0.25) is 0 Å². The van der Waals surface area contributed by atoms with Gasteiger partial charge in [0.15, 0.2) is 0 Å². The number of carbonyl (C=O) groups is 11. The molecule has 0 radical (unpaired) electrons.